The number of hydrogen-bond acceptors (Lipinski definition) is 5. The molecule has 96 valence electrons. The molecular formula is C12H17N5S. The summed E-state index contributed by atoms with van der Waals surface area (Å²) in [6, 6.07) is 1.44. The van der Waals surface area contributed by atoms with Crippen LogP contribution in [-0.4, -0.2) is 44.7 Å². The molecule has 2 aromatic rings. The van der Waals surface area contributed by atoms with Crippen molar-refractivity contribution in [2.24, 2.45) is 0 Å². The number of rotatable bonds is 3. The van der Waals surface area contributed by atoms with E-state index < -0.39 is 0 Å². The molecule has 2 fully saturated rings. The van der Waals surface area contributed by atoms with Crippen LogP contribution in [0.5, 0.6) is 0 Å². The number of anilines is 1. The first-order valence-electron chi connectivity index (χ1n) is 6.61. The third-order valence-corrected chi connectivity index (χ3v) is 4.63. The van der Waals surface area contributed by atoms with Crippen molar-refractivity contribution in [2.75, 3.05) is 18.4 Å². The van der Waals surface area contributed by atoms with Gasteiger partial charge < -0.3 is 5.32 Å². The number of fused-ring (bicyclic) bond motifs is 1. The Bertz CT molecular complexity index is 539. The Morgan fingerprint density at radius 2 is 2.28 bits per heavy atom. The zero-order valence-electron chi connectivity index (χ0n) is 10.5. The van der Waals surface area contributed by atoms with Gasteiger partial charge in [-0.1, -0.05) is 11.3 Å². The molecule has 4 rings (SSSR count). The monoisotopic (exact) mass is 263 g/mol. The van der Waals surface area contributed by atoms with Crippen LogP contribution >= 0.6 is 11.3 Å². The molecule has 0 radical (unpaired) electrons. The number of hydrogen-bond donors (Lipinski definition) is 1. The number of likely N-dealkylation sites (tertiary alicyclic amines) is 1. The van der Waals surface area contributed by atoms with E-state index in [9.17, 15) is 0 Å². The molecule has 1 N–H and O–H groups in total. The van der Waals surface area contributed by atoms with E-state index in [1.165, 1.54) is 32.4 Å². The molecule has 1 unspecified atom stereocenters. The smallest absolute Gasteiger partial charge is 0.214 e. The van der Waals surface area contributed by atoms with Gasteiger partial charge in [0.1, 0.15) is 0 Å². The Labute approximate surface area is 110 Å². The minimum Gasteiger partial charge on any atom is -0.356 e. The van der Waals surface area contributed by atoms with Crippen molar-refractivity contribution in [3.8, 4) is 0 Å². The first-order valence-corrected chi connectivity index (χ1v) is 7.43. The van der Waals surface area contributed by atoms with E-state index in [-0.39, 0.29) is 0 Å². The molecule has 1 saturated heterocycles. The summed E-state index contributed by atoms with van der Waals surface area (Å²) in [4.78, 5) is 8.02. The Morgan fingerprint density at radius 3 is 3.06 bits per heavy atom. The molecular weight excluding hydrogens is 246 g/mol. The average Bonchev–Trinajstić information content (AvgIpc) is 2.83. The van der Waals surface area contributed by atoms with Gasteiger partial charge in [0.15, 0.2) is 0 Å². The van der Waals surface area contributed by atoms with Gasteiger partial charge in [-0.2, -0.15) is 0 Å². The molecule has 0 amide bonds. The van der Waals surface area contributed by atoms with E-state index in [2.05, 4.69) is 20.3 Å². The summed E-state index contributed by atoms with van der Waals surface area (Å²) in [5.41, 5.74) is 1.03. The van der Waals surface area contributed by atoms with Crippen LogP contribution in [0.3, 0.4) is 0 Å². The fourth-order valence-electron chi connectivity index (χ4n) is 2.72. The molecule has 18 heavy (non-hydrogen) atoms. The summed E-state index contributed by atoms with van der Waals surface area (Å²) in [6.45, 7) is 4.41. The van der Waals surface area contributed by atoms with E-state index in [4.69, 9.17) is 0 Å². The lowest BCUT2D eigenvalue weighted by molar-refractivity contribution is 0.326. The largest absolute Gasteiger partial charge is 0.356 e. The molecule has 1 aliphatic heterocycles. The first-order chi connectivity index (χ1) is 8.78. The van der Waals surface area contributed by atoms with Crippen LogP contribution in [0.15, 0.2) is 6.20 Å². The van der Waals surface area contributed by atoms with E-state index in [1.54, 1.807) is 11.3 Å². The van der Waals surface area contributed by atoms with Crippen molar-refractivity contribution >= 4 is 21.4 Å². The lowest BCUT2D eigenvalue weighted by atomic mass is 10.3. The highest BCUT2D eigenvalue weighted by atomic mass is 32.1. The van der Waals surface area contributed by atoms with Gasteiger partial charge >= 0.3 is 0 Å². The van der Waals surface area contributed by atoms with Gasteiger partial charge in [-0.05, 0) is 26.2 Å². The molecule has 5 nitrogen and oxygen atoms in total. The summed E-state index contributed by atoms with van der Waals surface area (Å²) >= 11 is 1.64. The summed E-state index contributed by atoms with van der Waals surface area (Å²) < 4.78 is 1.87. The Hall–Kier alpha value is -1.14. The molecule has 6 heteroatoms. The van der Waals surface area contributed by atoms with Crippen LogP contribution < -0.4 is 5.32 Å². The maximum Gasteiger partial charge on any atom is 0.214 e. The van der Waals surface area contributed by atoms with Gasteiger partial charge in [-0.3, -0.25) is 4.90 Å². The van der Waals surface area contributed by atoms with E-state index in [1.807, 2.05) is 17.6 Å². The molecule has 2 aliphatic rings. The highest BCUT2D eigenvalue weighted by molar-refractivity contribution is 7.20. The van der Waals surface area contributed by atoms with Crippen molar-refractivity contribution < 1.29 is 0 Å². The Kier molecular flexibility index (Phi) is 2.35. The van der Waals surface area contributed by atoms with Gasteiger partial charge in [0.2, 0.25) is 10.1 Å². The molecule has 1 atom stereocenters. The van der Waals surface area contributed by atoms with Gasteiger partial charge in [0.25, 0.3) is 0 Å². The average molecular weight is 263 g/mol. The van der Waals surface area contributed by atoms with Gasteiger partial charge in [0.05, 0.1) is 11.9 Å². The fraction of sp³-hybridized carbons (Fsp3) is 0.667. The lowest BCUT2D eigenvalue weighted by Gasteiger charge is -2.14. The van der Waals surface area contributed by atoms with Crippen molar-refractivity contribution in [3.05, 3.63) is 11.9 Å². The van der Waals surface area contributed by atoms with Crippen molar-refractivity contribution in [2.45, 2.75) is 38.3 Å². The third kappa shape index (κ3) is 1.89. The SMILES string of the molecule is Cc1cn2nc(NC3CCN(C4CC4)C3)sc2n1. The van der Waals surface area contributed by atoms with Crippen molar-refractivity contribution in [3.63, 3.8) is 0 Å². The van der Waals surface area contributed by atoms with E-state index >= 15 is 0 Å². The van der Waals surface area contributed by atoms with E-state index in [0.717, 1.165) is 21.8 Å². The highest BCUT2D eigenvalue weighted by Gasteiger charge is 2.34. The van der Waals surface area contributed by atoms with Gasteiger partial charge in [0, 0.05) is 25.2 Å². The number of nitrogens with zero attached hydrogens (tertiary/aromatic N) is 4. The second kappa shape index (κ2) is 3.93. The quantitative estimate of drug-likeness (QED) is 0.916. The summed E-state index contributed by atoms with van der Waals surface area (Å²) in [6.07, 6.45) is 6.01. The number of aromatic nitrogens is 3. The van der Waals surface area contributed by atoms with Crippen LogP contribution in [-0.2, 0) is 0 Å². The second-order valence-corrected chi connectivity index (χ2v) is 6.33. The number of imidazole rings is 1. The summed E-state index contributed by atoms with van der Waals surface area (Å²) in [5, 5.41) is 9.08. The van der Waals surface area contributed by atoms with Crippen molar-refractivity contribution in [1.82, 2.24) is 19.5 Å². The van der Waals surface area contributed by atoms with Gasteiger partial charge in [-0.15, -0.1) is 5.10 Å². The van der Waals surface area contributed by atoms with Crippen LogP contribution in [0.4, 0.5) is 5.13 Å². The van der Waals surface area contributed by atoms with Gasteiger partial charge in [-0.25, -0.2) is 9.50 Å². The zero-order chi connectivity index (χ0) is 12.1. The number of aryl methyl sites for hydroxylation is 1. The molecule has 1 saturated carbocycles. The van der Waals surface area contributed by atoms with E-state index in [0.29, 0.717) is 6.04 Å². The number of nitrogens with one attached hydrogen (secondary N) is 1. The third-order valence-electron chi connectivity index (χ3n) is 3.77. The summed E-state index contributed by atoms with van der Waals surface area (Å²) in [7, 11) is 0. The standard InChI is InChI=1S/C12H17N5S/c1-8-6-17-12(13-8)18-11(15-17)14-9-4-5-16(7-9)10-2-3-10/h6,9-10H,2-5,7H2,1H3,(H,14,15). The molecule has 1 aliphatic carbocycles. The Balaban J connectivity index is 1.45. The molecule has 3 heterocycles. The summed E-state index contributed by atoms with van der Waals surface area (Å²) in [5.74, 6) is 0. The minimum absolute atomic E-state index is 0.558. The molecule has 0 spiro atoms. The molecule has 0 bridgehead atoms. The minimum atomic E-state index is 0.558. The first kappa shape index (κ1) is 10.8. The van der Waals surface area contributed by atoms with Crippen LogP contribution in [0, 0.1) is 6.92 Å². The highest BCUT2D eigenvalue weighted by Crippen LogP contribution is 2.31. The zero-order valence-corrected chi connectivity index (χ0v) is 11.3. The maximum atomic E-state index is 4.53. The topological polar surface area (TPSA) is 45.5 Å². The second-order valence-electron chi connectivity index (χ2n) is 5.37. The maximum absolute atomic E-state index is 4.53. The lowest BCUT2D eigenvalue weighted by Crippen LogP contribution is -2.27. The van der Waals surface area contributed by atoms with Crippen LogP contribution in [0.2, 0.25) is 0 Å². The fourth-order valence-corrected chi connectivity index (χ4v) is 3.62. The molecule has 0 aromatic carbocycles. The predicted octanol–water partition coefficient (Wildman–Crippen LogP) is 1.75. The van der Waals surface area contributed by atoms with Crippen LogP contribution in [0.25, 0.3) is 4.96 Å². The van der Waals surface area contributed by atoms with Crippen LogP contribution in [0.1, 0.15) is 25.0 Å². The van der Waals surface area contributed by atoms with Crippen molar-refractivity contribution in [1.29, 1.82) is 0 Å². The molecule has 2 aromatic heterocycles. The Morgan fingerprint density at radius 1 is 1.39 bits per heavy atom. The normalized spacial score (nSPS) is 25.1. The predicted molar refractivity (Wildman–Crippen MR) is 72.2 cm³/mol.